The summed E-state index contributed by atoms with van der Waals surface area (Å²) in [6.07, 6.45) is 4.00. The van der Waals surface area contributed by atoms with Gasteiger partial charge >= 0.3 is 6.09 Å². The summed E-state index contributed by atoms with van der Waals surface area (Å²) in [5, 5.41) is 20.6. The Morgan fingerprint density at radius 2 is 2.36 bits per heavy atom. The summed E-state index contributed by atoms with van der Waals surface area (Å²) >= 11 is 0. The third-order valence-electron chi connectivity index (χ3n) is 4.20. The van der Waals surface area contributed by atoms with Crippen molar-refractivity contribution < 1.29 is 19.4 Å². The molecule has 114 valence electrons. The molecule has 0 aromatic carbocycles. The van der Waals surface area contributed by atoms with Gasteiger partial charge in [0.05, 0.1) is 5.54 Å². The Labute approximate surface area is 126 Å². The van der Waals surface area contributed by atoms with Gasteiger partial charge in [0.25, 0.3) is 0 Å². The lowest BCUT2D eigenvalue weighted by Crippen LogP contribution is -2.40. The number of nitrogens with zero attached hydrogens (tertiary/aromatic N) is 2. The highest BCUT2D eigenvalue weighted by atomic mass is 16.5. The van der Waals surface area contributed by atoms with E-state index in [4.69, 9.17) is 9.84 Å². The van der Waals surface area contributed by atoms with E-state index in [0.717, 1.165) is 17.4 Å². The van der Waals surface area contributed by atoms with Gasteiger partial charge in [-0.3, -0.25) is 0 Å². The molecule has 0 radical (unpaired) electrons. The minimum absolute atomic E-state index is 0.109. The molecule has 0 bridgehead atoms. The summed E-state index contributed by atoms with van der Waals surface area (Å²) in [6, 6.07) is 2.10. The van der Waals surface area contributed by atoms with E-state index >= 15 is 0 Å². The van der Waals surface area contributed by atoms with E-state index in [-0.39, 0.29) is 18.4 Å². The van der Waals surface area contributed by atoms with Crippen molar-refractivity contribution in [2.75, 3.05) is 6.61 Å². The van der Waals surface area contributed by atoms with Crippen LogP contribution in [-0.4, -0.2) is 34.6 Å². The maximum absolute atomic E-state index is 10.9. The first-order valence-corrected chi connectivity index (χ1v) is 7.07. The van der Waals surface area contributed by atoms with E-state index < -0.39 is 11.6 Å². The predicted molar refractivity (Wildman–Crippen MR) is 74.5 cm³/mol. The molecule has 1 fully saturated rings. The third kappa shape index (κ3) is 2.60. The fourth-order valence-corrected chi connectivity index (χ4v) is 2.81. The SMILES string of the molecule is N#Cc1c(OCC2(NC(=O)O)CC2)ncc2c1CC(C=O)C2. The fraction of sp³-hybridized carbons (Fsp3) is 0.467. The molecule has 1 heterocycles. The van der Waals surface area contributed by atoms with Gasteiger partial charge in [0.2, 0.25) is 5.88 Å². The molecule has 0 aliphatic heterocycles. The Hall–Kier alpha value is -2.62. The number of nitriles is 1. The van der Waals surface area contributed by atoms with Crippen LogP contribution in [0.15, 0.2) is 6.20 Å². The molecule has 0 saturated heterocycles. The Morgan fingerprint density at radius 1 is 1.59 bits per heavy atom. The molecule has 1 saturated carbocycles. The van der Waals surface area contributed by atoms with Crippen LogP contribution in [0.4, 0.5) is 4.79 Å². The molecule has 2 N–H and O–H groups in total. The van der Waals surface area contributed by atoms with E-state index in [1.54, 1.807) is 6.20 Å². The Bertz CT molecular complexity index is 676. The van der Waals surface area contributed by atoms with Gasteiger partial charge in [0.15, 0.2) is 0 Å². The number of fused-ring (bicyclic) bond motifs is 1. The Balaban J connectivity index is 1.77. The largest absolute Gasteiger partial charge is 0.474 e. The maximum Gasteiger partial charge on any atom is 0.405 e. The molecule has 7 nitrogen and oxygen atoms in total. The quantitative estimate of drug-likeness (QED) is 0.786. The minimum Gasteiger partial charge on any atom is -0.474 e. The molecule has 1 amide bonds. The van der Waals surface area contributed by atoms with Crippen LogP contribution in [0.25, 0.3) is 0 Å². The summed E-state index contributed by atoms with van der Waals surface area (Å²) in [7, 11) is 0. The normalized spacial score (nSPS) is 20.6. The average Bonchev–Trinajstić information content (AvgIpc) is 3.11. The van der Waals surface area contributed by atoms with Gasteiger partial charge in [-0.2, -0.15) is 5.26 Å². The molecular weight excluding hydrogens is 286 g/mol. The monoisotopic (exact) mass is 301 g/mol. The van der Waals surface area contributed by atoms with Gasteiger partial charge in [-0.15, -0.1) is 0 Å². The first-order valence-electron chi connectivity index (χ1n) is 7.07. The van der Waals surface area contributed by atoms with Crippen LogP contribution in [0.2, 0.25) is 0 Å². The van der Waals surface area contributed by atoms with Gasteiger partial charge in [0, 0.05) is 12.1 Å². The van der Waals surface area contributed by atoms with E-state index in [9.17, 15) is 14.9 Å². The van der Waals surface area contributed by atoms with Crippen molar-refractivity contribution in [1.29, 1.82) is 5.26 Å². The highest BCUT2D eigenvalue weighted by molar-refractivity contribution is 5.66. The molecule has 1 unspecified atom stereocenters. The van der Waals surface area contributed by atoms with Crippen LogP contribution < -0.4 is 10.1 Å². The first kappa shape index (κ1) is 14.3. The smallest absolute Gasteiger partial charge is 0.405 e. The van der Waals surface area contributed by atoms with Crippen molar-refractivity contribution >= 4 is 12.4 Å². The molecule has 1 aromatic rings. The molecule has 1 aromatic heterocycles. The highest BCUT2D eigenvalue weighted by Gasteiger charge is 2.45. The molecular formula is C15H15N3O4. The summed E-state index contributed by atoms with van der Waals surface area (Å²) < 4.78 is 5.60. The van der Waals surface area contributed by atoms with Crippen LogP contribution in [0.3, 0.4) is 0 Å². The van der Waals surface area contributed by atoms with E-state index in [0.29, 0.717) is 31.2 Å². The number of aldehydes is 1. The van der Waals surface area contributed by atoms with Crippen LogP contribution in [0, 0.1) is 17.2 Å². The summed E-state index contributed by atoms with van der Waals surface area (Å²) in [5.74, 6) is 0.105. The number of carboxylic acid groups (broad SMARTS) is 1. The highest BCUT2D eigenvalue weighted by Crippen LogP contribution is 2.37. The molecule has 1 atom stereocenters. The zero-order valence-corrected chi connectivity index (χ0v) is 11.8. The van der Waals surface area contributed by atoms with Crippen molar-refractivity contribution in [3.63, 3.8) is 0 Å². The van der Waals surface area contributed by atoms with Gasteiger partial charge in [-0.05, 0) is 36.8 Å². The van der Waals surface area contributed by atoms with Gasteiger partial charge in [-0.25, -0.2) is 9.78 Å². The number of carbonyl (C=O) groups is 2. The van der Waals surface area contributed by atoms with Crippen LogP contribution in [0.5, 0.6) is 5.88 Å². The Morgan fingerprint density at radius 3 is 2.95 bits per heavy atom. The van der Waals surface area contributed by atoms with Crippen molar-refractivity contribution in [2.45, 2.75) is 31.2 Å². The van der Waals surface area contributed by atoms with E-state index in [2.05, 4.69) is 16.4 Å². The number of pyridine rings is 1. The fourth-order valence-electron chi connectivity index (χ4n) is 2.81. The topological polar surface area (TPSA) is 112 Å². The Kier molecular flexibility index (Phi) is 3.45. The number of rotatable bonds is 5. The van der Waals surface area contributed by atoms with Crippen molar-refractivity contribution in [2.24, 2.45) is 5.92 Å². The van der Waals surface area contributed by atoms with Crippen LogP contribution in [-0.2, 0) is 17.6 Å². The first-order chi connectivity index (χ1) is 10.6. The second-order valence-corrected chi connectivity index (χ2v) is 5.86. The number of amides is 1. The number of nitrogens with one attached hydrogen (secondary N) is 1. The number of ether oxygens (including phenoxy) is 1. The second-order valence-electron chi connectivity index (χ2n) is 5.86. The molecule has 2 aliphatic carbocycles. The number of hydrogen-bond donors (Lipinski definition) is 2. The third-order valence-corrected chi connectivity index (χ3v) is 4.20. The lowest BCUT2D eigenvalue weighted by molar-refractivity contribution is -0.110. The zero-order valence-electron chi connectivity index (χ0n) is 11.8. The molecule has 0 spiro atoms. The molecule has 22 heavy (non-hydrogen) atoms. The van der Waals surface area contributed by atoms with E-state index in [1.807, 2.05) is 0 Å². The second kappa shape index (κ2) is 5.30. The van der Waals surface area contributed by atoms with E-state index in [1.165, 1.54) is 0 Å². The standard InChI is InChI=1S/C15H15N3O4/c16-5-12-11-4-9(7-19)3-10(11)6-17-13(12)22-8-15(1-2-15)18-14(20)21/h6-7,9,18H,1-4,8H2,(H,20,21). The number of carbonyl (C=O) groups excluding carboxylic acids is 1. The summed E-state index contributed by atoms with van der Waals surface area (Å²) in [5.41, 5.74) is 1.52. The zero-order chi connectivity index (χ0) is 15.7. The van der Waals surface area contributed by atoms with Gasteiger partial charge in [-0.1, -0.05) is 0 Å². The maximum atomic E-state index is 10.9. The summed E-state index contributed by atoms with van der Waals surface area (Å²) in [4.78, 5) is 25.8. The number of aromatic nitrogens is 1. The lowest BCUT2D eigenvalue weighted by atomic mass is 10.1. The predicted octanol–water partition coefficient (Wildman–Crippen LogP) is 1.05. The van der Waals surface area contributed by atoms with Crippen molar-refractivity contribution in [3.8, 4) is 11.9 Å². The average molecular weight is 301 g/mol. The lowest BCUT2D eigenvalue weighted by Gasteiger charge is -2.16. The molecule has 7 heteroatoms. The molecule has 2 aliphatic rings. The summed E-state index contributed by atoms with van der Waals surface area (Å²) in [6.45, 7) is 0.150. The van der Waals surface area contributed by atoms with Gasteiger partial charge < -0.3 is 20.0 Å². The number of hydrogen-bond acceptors (Lipinski definition) is 5. The van der Waals surface area contributed by atoms with Crippen LogP contribution >= 0.6 is 0 Å². The molecule has 3 rings (SSSR count). The van der Waals surface area contributed by atoms with Crippen LogP contribution in [0.1, 0.15) is 29.5 Å². The van der Waals surface area contributed by atoms with Crippen molar-refractivity contribution in [3.05, 3.63) is 22.9 Å². The van der Waals surface area contributed by atoms with Gasteiger partial charge in [0.1, 0.15) is 24.5 Å². The van der Waals surface area contributed by atoms with Crippen molar-refractivity contribution in [1.82, 2.24) is 10.3 Å². The minimum atomic E-state index is -1.09.